The lowest BCUT2D eigenvalue weighted by molar-refractivity contribution is 0.196. The number of anilines is 1. The minimum Gasteiger partial charge on any atom is -0.390 e. The van der Waals surface area contributed by atoms with Gasteiger partial charge in [0.15, 0.2) is 0 Å². The minimum atomic E-state index is -0.662. The summed E-state index contributed by atoms with van der Waals surface area (Å²) in [5.74, 6) is -0.330. The summed E-state index contributed by atoms with van der Waals surface area (Å²) in [5, 5.41) is 12.5. The molecule has 15 heavy (non-hydrogen) atoms. The number of nitrogens with two attached hydrogens (primary N) is 1. The van der Waals surface area contributed by atoms with Crippen molar-refractivity contribution in [3.05, 3.63) is 28.5 Å². The van der Waals surface area contributed by atoms with Crippen molar-refractivity contribution in [2.45, 2.75) is 13.0 Å². The molecule has 0 radical (unpaired) electrons. The SMILES string of the molecule is Cc1cc(Cl)c(NCC(O)CN)cc1F. The third-order valence-electron chi connectivity index (χ3n) is 2.05. The monoisotopic (exact) mass is 232 g/mol. The van der Waals surface area contributed by atoms with Gasteiger partial charge in [0.25, 0.3) is 0 Å². The first-order valence-electron chi connectivity index (χ1n) is 4.62. The van der Waals surface area contributed by atoms with Crippen molar-refractivity contribution in [3.63, 3.8) is 0 Å². The third kappa shape index (κ3) is 3.34. The largest absolute Gasteiger partial charge is 0.390 e. The van der Waals surface area contributed by atoms with Crippen LogP contribution < -0.4 is 11.1 Å². The zero-order valence-corrected chi connectivity index (χ0v) is 9.18. The van der Waals surface area contributed by atoms with Crippen LogP contribution >= 0.6 is 11.6 Å². The summed E-state index contributed by atoms with van der Waals surface area (Å²) in [7, 11) is 0. The Morgan fingerprint density at radius 2 is 2.27 bits per heavy atom. The molecule has 0 saturated carbocycles. The molecule has 0 aliphatic carbocycles. The number of aliphatic hydroxyl groups excluding tert-OH is 1. The van der Waals surface area contributed by atoms with Gasteiger partial charge in [-0.2, -0.15) is 0 Å². The maximum absolute atomic E-state index is 13.2. The van der Waals surface area contributed by atoms with Crippen molar-refractivity contribution in [1.29, 1.82) is 0 Å². The fourth-order valence-corrected chi connectivity index (χ4v) is 1.38. The molecule has 5 heteroatoms. The van der Waals surface area contributed by atoms with E-state index in [4.69, 9.17) is 17.3 Å². The average molecular weight is 233 g/mol. The summed E-state index contributed by atoms with van der Waals surface area (Å²) in [6, 6.07) is 2.84. The van der Waals surface area contributed by atoms with Crippen LogP contribution in [0, 0.1) is 12.7 Å². The van der Waals surface area contributed by atoms with E-state index in [0.717, 1.165) is 0 Å². The van der Waals surface area contributed by atoms with E-state index in [2.05, 4.69) is 5.32 Å². The molecular formula is C10H14ClFN2O. The molecule has 1 aromatic rings. The van der Waals surface area contributed by atoms with Crippen LogP contribution in [0.15, 0.2) is 12.1 Å². The molecule has 0 fully saturated rings. The smallest absolute Gasteiger partial charge is 0.128 e. The van der Waals surface area contributed by atoms with Crippen molar-refractivity contribution in [2.24, 2.45) is 5.73 Å². The maximum atomic E-state index is 13.2. The standard InChI is InChI=1S/C10H14ClFN2O/c1-6-2-8(11)10(3-9(6)12)14-5-7(15)4-13/h2-3,7,14-15H,4-5,13H2,1H3. The van der Waals surface area contributed by atoms with E-state index in [1.54, 1.807) is 6.92 Å². The predicted molar refractivity (Wildman–Crippen MR) is 59.7 cm³/mol. The molecule has 1 rings (SSSR count). The van der Waals surface area contributed by atoms with E-state index < -0.39 is 6.10 Å². The second-order valence-electron chi connectivity index (χ2n) is 3.35. The Kier molecular flexibility index (Phi) is 4.32. The van der Waals surface area contributed by atoms with Gasteiger partial charge >= 0.3 is 0 Å². The number of hydrogen-bond acceptors (Lipinski definition) is 3. The second-order valence-corrected chi connectivity index (χ2v) is 3.76. The topological polar surface area (TPSA) is 58.3 Å². The Morgan fingerprint density at radius 1 is 1.60 bits per heavy atom. The van der Waals surface area contributed by atoms with E-state index in [1.807, 2.05) is 0 Å². The molecule has 84 valence electrons. The van der Waals surface area contributed by atoms with E-state index in [1.165, 1.54) is 12.1 Å². The number of hydrogen-bond donors (Lipinski definition) is 3. The lowest BCUT2D eigenvalue weighted by atomic mass is 10.2. The van der Waals surface area contributed by atoms with Gasteiger partial charge in [-0.3, -0.25) is 0 Å². The quantitative estimate of drug-likeness (QED) is 0.738. The van der Waals surface area contributed by atoms with Gasteiger partial charge in [-0.25, -0.2) is 4.39 Å². The molecule has 0 bridgehead atoms. The molecule has 1 aromatic carbocycles. The zero-order valence-electron chi connectivity index (χ0n) is 8.43. The fourth-order valence-electron chi connectivity index (χ4n) is 1.09. The van der Waals surface area contributed by atoms with Gasteiger partial charge in [-0.1, -0.05) is 11.6 Å². The summed E-state index contributed by atoms with van der Waals surface area (Å²) >= 11 is 5.89. The Balaban J connectivity index is 2.73. The lowest BCUT2D eigenvalue weighted by Gasteiger charge is -2.12. The molecule has 4 N–H and O–H groups in total. The van der Waals surface area contributed by atoms with Gasteiger partial charge in [-0.05, 0) is 24.6 Å². The van der Waals surface area contributed by atoms with E-state index in [0.29, 0.717) is 16.3 Å². The first-order chi connectivity index (χ1) is 7.04. The molecule has 0 aromatic heterocycles. The molecule has 0 saturated heterocycles. The first-order valence-corrected chi connectivity index (χ1v) is 5.00. The Labute approximate surface area is 93.0 Å². The molecule has 3 nitrogen and oxygen atoms in total. The molecule has 0 spiro atoms. The number of aliphatic hydroxyl groups is 1. The maximum Gasteiger partial charge on any atom is 0.128 e. The van der Waals surface area contributed by atoms with Gasteiger partial charge in [0.2, 0.25) is 0 Å². The number of rotatable bonds is 4. The van der Waals surface area contributed by atoms with Gasteiger partial charge in [0.1, 0.15) is 5.82 Å². The molecule has 1 atom stereocenters. The summed E-state index contributed by atoms with van der Waals surface area (Å²) in [6.45, 7) is 2.04. The van der Waals surface area contributed by atoms with Crippen LogP contribution in [0.3, 0.4) is 0 Å². The van der Waals surface area contributed by atoms with Crippen LogP contribution in [0.1, 0.15) is 5.56 Å². The molecule has 0 aliphatic heterocycles. The van der Waals surface area contributed by atoms with E-state index in [-0.39, 0.29) is 18.9 Å². The number of nitrogens with one attached hydrogen (secondary N) is 1. The molecule has 0 amide bonds. The Hall–Kier alpha value is -0.840. The highest BCUT2D eigenvalue weighted by molar-refractivity contribution is 6.33. The number of aryl methyl sites for hydroxylation is 1. The van der Waals surface area contributed by atoms with E-state index >= 15 is 0 Å². The first kappa shape index (κ1) is 12.2. The van der Waals surface area contributed by atoms with Gasteiger partial charge in [0.05, 0.1) is 16.8 Å². The van der Waals surface area contributed by atoms with Crippen LogP contribution in [0.2, 0.25) is 5.02 Å². The molecule has 0 heterocycles. The summed E-state index contributed by atoms with van der Waals surface area (Å²) in [6.07, 6.45) is -0.662. The van der Waals surface area contributed by atoms with Crippen molar-refractivity contribution in [2.75, 3.05) is 18.4 Å². The zero-order chi connectivity index (χ0) is 11.4. The highest BCUT2D eigenvalue weighted by Crippen LogP contribution is 2.24. The van der Waals surface area contributed by atoms with Gasteiger partial charge < -0.3 is 16.2 Å². The highest BCUT2D eigenvalue weighted by atomic mass is 35.5. The van der Waals surface area contributed by atoms with Crippen molar-refractivity contribution in [1.82, 2.24) is 0 Å². The Bertz CT molecular complexity index is 346. The van der Waals surface area contributed by atoms with Crippen molar-refractivity contribution >= 4 is 17.3 Å². The number of benzene rings is 1. The van der Waals surface area contributed by atoms with Crippen LogP contribution in [0.25, 0.3) is 0 Å². The molecule has 1 unspecified atom stereocenters. The predicted octanol–water partition coefficient (Wildman–Crippen LogP) is 1.52. The summed E-state index contributed by atoms with van der Waals surface area (Å²) in [5.41, 5.74) is 6.19. The fraction of sp³-hybridized carbons (Fsp3) is 0.400. The molecular weight excluding hydrogens is 219 g/mol. The highest BCUT2D eigenvalue weighted by Gasteiger charge is 2.07. The molecule has 0 aliphatic rings. The Morgan fingerprint density at radius 3 is 2.87 bits per heavy atom. The van der Waals surface area contributed by atoms with Gasteiger partial charge in [0, 0.05) is 13.1 Å². The average Bonchev–Trinajstić information content (AvgIpc) is 2.21. The van der Waals surface area contributed by atoms with E-state index in [9.17, 15) is 9.50 Å². The van der Waals surface area contributed by atoms with Crippen LogP contribution in [0.5, 0.6) is 0 Å². The minimum absolute atomic E-state index is 0.152. The second kappa shape index (κ2) is 5.30. The lowest BCUT2D eigenvalue weighted by Crippen LogP contribution is -2.27. The van der Waals surface area contributed by atoms with Crippen LogP contribution in [0.4, 0.5) is 10.1 Å². The van der Waals surface area contributed by atoms with Crippen molar-refractivity contribution < 1.29 is 9.50 Å². The number of halogens is 2. The summed E-state index contributed by atoms with van der Waals surface area (Å²) in [4.78, 5) is 0. The van der Waals surface area contributed by atoms with Crippen molar-refractivity contribution in [3.8, 4) is 0 Å². The normalized spacial score (nSPS) is 12.6. The summed E-state index contributed by atoms with van der Waals surface area (Å²) < 4.78 is 13.2. The van der Waals surface area contributed by atoms with Crippen LogP contribution in [-0.2, 0) is 0 Å². The van der Waals surface area contributed by atoms with Gasteiger partial charge in [-0.15, -0.1) is 0 Å². The van der Waals surface area contributed by atoms with Crippen LogP contribution in [-0.4, -0.2) is 24.3 Å². The third-order valence-corrected chi connectivity index (χ3v) is 2.36.